The molecular formula is C24H18ClN3O4S. The monoisotopic (exact) mass is 479 g/mol. The van der Waals surface area contributed by atoms with Crippen molar-refractivity contribution in [1.82, 2.24) is 9.97 Å². The highest BCUT2D eigenvalue weighted by Crippen LogP contribution is 2.30. The largest absolute Gasteiger partial charge is 0.497 e. The van der Waals surface area contributed by atoms with Crippen molar-refractivity contribution in [2.24, 2.45) is 0 Å². The number of thioether (sulfide) groups is 1. The number of methoxy groups -OCH3 is 1. The molecule has 9 heteroatoms. The number of aromatic amines is 1. The average molecular weight is 480 g/mol. The summed E-state index contributed by atoms with van der Waals surface area (Å²) in [6.07, 6.45) is 0.710. The Labute approximate surface area is 198 Å². The third kappa shape index (κ3) is 4.65. The van der Waals surface area contributed by atoms with E-state index in [0.29, 0.717) is 44.8 Å². The molecule has 0 atom stereocenters. The van der Waals surface area contributed by atoms with Gasteiger partial charge in [-0.2, -0.15) is 5.26 Å². The summed E-state index contributed by atoms with van der Waals surface area (Å²) in [4.78, 5) is 31.8. The van der Waals surface area contributed by atoms with Crippen molar-refractivity contribution in [2.45, 2.75) is 24.3 Å². The minimum Gasteiger partial charge on any atom is -0.497 e. The molecule has 2 aromatic heterocycles. The first-order valence-corrected chi connectivity index (χ1v) is 11.4. The Morgan fingerprint density at radius 2 is 1.94 bits per heavy atom. The van der Waals surface area contributed by atoms with E-state index in [1.807, 2.05) is 13.0 Å². The number of benzene rings is 2. The number of ether oxygens (including phenoxy) is 1. The second-order valence-corrected chi connectivity index (χ2v) is 8.48. The quantitative estimate of drug-likeness (QED) is 0.237. The van der Waals surface area contributed by atoms with Crippen molar-refractivity contribution < 1.29 is 9.15 Å². The second kappa shape index (κ2) is 9.53. The van der Waals surface area contributed by atoms with Crippen LogP contribution in [0.5, 0.6) is 5.75 Å². The molecule has 0 aliphatic heterocycles. The van der Waals surface area contributed by atoms with Gasteiger partial charge in [-0.1, -0.05) is 30.3 Å². The molecule has 7 nitrogen and oxygen atoms in total. The number of fused-ring (bicyclic) bond motifs is 1. The highest BCUT2D eigenvalue weighted by atomic mass is 35.5. The molecule has 0 unspecified atom stereocenters. The van der Waals surface area contributed by atoms with Gasteiger partial charge in [0.05, 0.1) is 12.8 Å². The molecule has 0 fully saturated rings. The molecule has 4 aromatic rings. The summed E-state index contributed by atoms with van der Waals surface area (Å²) in [6, 6.07) is 13.8. The van der Waals surface area contributed by atoms with Gasteiger partial charge < -0.3 is 14.1 Å². The first-order valence-electron chi connectivity index (χ1n) is 10.00. The maximum atomic E-state index is 12.5. The smallest absolute Gasteiger partial charge is 0.336 e. The van der Waals surface area contributed by atoms with Gasteiger partial charge in [0, 0.05) is 27.8 Å². The fourth-order valence-corrected chi connectivity index (χ4v) is 4.56. The number of H-pyrrole nitrogens is 1. The third-order valence-corrected chi connectivity index (χ3v) is 6.39. The van der Waals surface area contributed by atoms with E-state index in [2.05, 4.69) is 9.97 Å². The van der Waals surface area contributed by atoms with Crippen LogP contribution in [-0.2, 0) is 12.2 Å². The number of aromatic nitrogens is 2. The lowest BCUT2D eigenvalue weighted by Gasteiger charge is -2.09. The van der Waals surface area contributed by atoms with Crippen LogP contribution in [0.4, 0.5) is 0 Å². The molecule has 0 saturated heterocycles. The van der Waals surface area contributed by atoms with Crippen molar-refractivity contribution in [2.75, 3.05) is 7.11 Å². The molecular weight excluding hydrogens is 462 g/mol. The number of hydrogen-bond donors (Lipinski definition) is 1. The van der Waals surface area contributed by atoms with Crippen LogP contribution in [0.15, 0.2) is 61.6 Å². The molecule has 1 N–H and O–H groups in total. The topological polar surface area (TPSA) is 109 Å². The fourth-order valence-electron chi connectivity index (χ4n) is 3.41. The summed E-state index contributed by atoms with van der Waals surface area (Å²) in [5.41, 5.74) is 1.86. The Bertz CT molecular complexity index is 1500. The molecule has 0 aliphatic rings. The molecule has 0 saturated carbocycles. The highest BCUT2D eigenvalue weighted by Gasteiger charge is 2.15. The second-order valence-electron chi connectivity index (χ2n) is 7.11. The Morgan fingerprint density at radius 1 is 1.18 bits per heavy atom. The number of hydrogen-bond acceptors (Lipinski definition) is 7. The van der Waals surface area contributed by atoms with Crippen molar-refractivity contribution in [3.05, 3.63) is 85.0 Å². The minimum absolute atomic E-state index is 0.0748. The minimum atomic E-state index is -0.533. The van der Waals surface area contributed by atoms with Crippen LogP contribution in [0, 0.1) is 11.3 Å². The highest BCUT2D eigenvalue weighted by molar-refractivity contribution is 7.98. The normalized spacial score (nSPS) is 10.8. The third-order valence-electron chi connectivity index (χ3n) is 5.12. The molecule has 2 aromatic carbocycles. The van der Waals surface area contributed by atoms with Crippen molar-refractivity contribution in [3.8, 4) is 23.1 Å². The fraction of sp³-hybridized carbons (Fsp3) is 0.167. The number of nitrogens with one attached hydrogen (secondary N) is 1. The van der Waals surface area contributed by atoms with Gasteiger partial charge in [-0.15, -0.1) is 0 Å². The van der Waals surface area contributed by atoms with Crippen LogP contribution in [0.3, 0.4) is 0 Å². The lowest BCUT2D eigenvalue weighted by Crippen LogP contribution is -2.14. The van der Waals surface area contributed by atoms with E-state index >= 15 is 0 Å². The van der Waals surface area contributed by atoms with E-state index in [4.69, 9.17) is 20.8 Å². The van der Waals surface area contributed by atoms with Crippen LogP contribution >= 0.6 is 23.4 Å². The molecule has 0 aliphatic carbocycles. The Balaban J connectivity index is 1.72. The van der Waals surface area contributed by atoms with Gasteiger partial charge >= 0.3 is 5.63 Å². The summed E-state index contributed by atoms with van der Waals surface area (Å²) in [6.45, 7) is 1.97. The Hall–Kier alpha value is -3.54. The van der Waals surface area contributed by atoms with Gasteiger partial charge in [0.15, 0.2) is 5.16 Å². The molecule has 2 heterocycles. The molecule has 4 rings (SSSR count). The standard InChI is InChI=1S/C24H18ClN3O4S/c1-3-13-8-20-17(10-19(13)25)15(9-21(29)32-20)12-33-24-27-22(18(11-26)23(30)28-24)14-4-6-16(31-2)7-5-14/h4-10H,3,12H2,1-2H3,(H,27,28,30). The van der Waals surface area contributed by atoms with Crippen LogP contribution in [0.25, 0.3) is 22.2 Å². The van der Waals surface area contributed by atoms with E-state index in [1.165, 1.54) is 17.8 Å². The lowest BCUT2D eigenvalue weighted by atomic mass is 10.1. The van der Waals surface area contributed by atoms with E-state index in [0.717, 1.165) is 10.9 Å². The van der Waals surface area contributed by atoms with Gasteiger partial charge in [-0.3, -0.25) is 4.79 Å². The molecule has 0 radical (unpaired) electrons. The van der Waals surface area contributed by atoms with E-state index in [9.17, 15) is 14.9 Å². The van der Waals surface area contributed by atoms with Gasteiger partial charge in [-0.25, -0.2) is 9.78 Å². The zero-order valence-electron chi connectivity index (χ0n) is 17.8. The zero-order valence-corrected chi connectivity index (χ0v) is 19.3. The van der Waals surface area contributed by atoms with Gasteiger partial charge in [0.1, 0.15) is 23.0 Å². The van der Waals surface area contributed by atoms with Crippen molar-refractivity contribution in [3.63, 3.8) is 0 Å². The Morgan fingerprint density at radius 3 is 2.61 bits per heavy atom. The molecule has 166 valence electrons. The van der Waals surface area contributed by atoms with Crippen LogP contribution in [0.1, 0.15) is 23.6 Å². The number of aryl methyl sites for hydroxylation is 1. The van der Waals surface area contributed by atoms with E-state index in [1.54, 1.807) is 43.5 Å². The maximum Gasteiger partial charge on any atom is 0.336 e. The number of halogens is 1. The first kappa shape index (κ1) is 22.6. The van der Waals surface area contributed by atoms with Crippen molar-refractivity contribution >= 4 is 34.3 Å². The van der Waals surface area contributed by atoms with Gasteiger partial charge in [-0.05, 0) is 53.9 Å². The molecule has 0 spiro atoms. The number of nitriles is 1. The van der Waals surface area contributed by atoms with Crippen LogP contribution < -0.4 is 15.9 Å². The first-order chi connectivity index (χ1) is 15.9. The van der Waals surface area contributed by atoms with Crippen LogP contribution in [-0.4, -0.2) is 17.1 Å². The average Bonchev–Trinajstić information content (AvgIpc) is 2.82. The zero-order chi connectivity index (χ0) is 23.5. The number of rotatable bonds is 6. The summed E-state index contributed by atoms with van der Waals surface area (Å²) >= 11 is 7.61. The summed E-state index contributed by atoms with van der Waals surface area (Å²) in [5, 5.41) is 11.1. The Kier molecular flexibility index (Phi) is 6.54. The van der Waals surface area contributed by atoms with Crippen molar-refractivity contribution in [1.29, 1.82) is 5.26 Å². The SMILES string of the molecule is CCc1cc2oc(=O)cc(CSc3nc(-c4ccc(OC)cc4)c(C#N)c(=O)[nH]3)c2cc1Cl. The molecule has 33 heavy (non-hydrogen) atoms. The number of nitrogens with zero attached hydrogens (tertiary/aromatic N) is 2. The molecule has 0 amide bonds. The maximum absolute atomic E-state index is 12.5. The predicted molar refractivity (Wildman–Crippen MR) is 128 cm³/mol. The summed E-state index contributed by atoms with van der Waals surface area (Å²) in [7, 11) is 1.56. The van der Waals surface area contributed by atoms with Crippen LogP contribution in [0.2, 0.25) is 5.02 Å². The predicted octanol–water partition coefficient (Wildman–Crippen LogP) is 4.93. The summed E-state index contributed by atoms with van der Waals surface area (Å²) < 4.78 is 10.5. The van der Waals surface area contributed by atoms with E-state index in [-0.39, 0.29) is 11.3 Å². The summed E-state index contributed by atoms with van der Waals surface area (Å²) in [5.74, 6) is 0.984. The van der Waals surface area contributed by atoms with E-state index < -0.39 is 11.2 Å². The lowest BCUT2D eigenvalue weighted by molar-refractivity contribution is 0.415. The van der Waals surface area contributed by atoms with Gasteiger partial charge in [0.2, 0.25) is 0 Å². The molecule has 0 bridgehead atoms. The van der Waals surface area contributed by atoms with Gasteiger partial charge in [0.25, 0.3) is 5.56 Å².